The summed E-state index contributed by atoms with van der Waals surface area (Å²) < 4.78 is 1.71. The zero-order valence-electron chi connectivity index (χ0n) is 15.7. The minimum Gasteiger partial charge on any atom is -0.317 e. The second-order valence-corrected chi connectivity index (χ2v) is 8.30. The van der Waals surface area contributed by atoms with Crippen molar-refractivity contribution in [1.82, 2.24) is 20.1 Å². The topological polar surface area (TPSA) is 71.8 Å². The molecule has 1 aromatic rings. The van der Waals surface area contributed by atoms with Crippen molar-refractivity contribution in [2.75, 3.05) is 18.4 Å². The van der Waals surface area contributed by atoms with Crippen LogP contribution in [0.5, 0.6) is 0 Å². The number of halogens is 1. The lowest BCUT2D eigenvalue weighted by Crippen LogP contribution is -2.27. The van der Waals surface area contributed by atoms with Crippen molar-refractivity contribution in [3.05, 3.63) is 5.82 Å². The van der Waals surface area contributed by atoms with Gasteiger partial charge in [-0.1, -0.05) is 13.8 Å². The maximum Gasteiger partial charge on any atom is 0.227 e. The van der Waals surface area contributed by atoms with Crippen LogP contribution in [0.1, 0.15) is 70.5 Å². The maximum atomic E-state index is 12.4. The summed E-state index contributed by atoms with van der Waals surface area (Å²) in [6.07, 6.45) is 7.47. The largest absolute Gasteiger partial charge is 0.317 e. The number of aromatic nitrogens is 3. The molecule has 0 aromatic carbocycles. The molecule has 1 aromatic heterocycles. The summed E-state index contributed by atoms with van der Waals surface area (Å²) in [7, 11) is 1.86. The number of hydrogen-bond donors (Lipinski definition) is 2. The molecular weight excluding hydrogens is 338 g/mol. The van der Waals surface area contributed by atoms with Gasteiger partial charge in [0.25, 0.3) is 0 Å². The summed E-state index contributed by atoms with van der Waals surface area (Å²) >= 11 is 0. The van der Waals surface area contributed by atoms with Crippen molar-refractivity contribution in [3.8, 4) is 0 Å². The van der Waals surface area contributed by atoms with Gasteiger partial charge in [-0.15, -0.1) is 12.4 Å². The Morgan fingerprint density at radius 1 is 1.24 bits per heavy atom. The molecule has 1 aliphatic carbocycles. The van der Waals surface area contributed by atoms with E-state index in [1.165, 1.54) is 12.8 Å². The molecule has 0 spiro atoms. The van der Waals surface area contributed by atoms with E-state index in [-0.39, 0.29) is 18.3 Å². The number of rotatable bonds is 4. The number of hydrogen-bond acceptors (Lipinski definition) is 4. The zero-order chi connectivity index (χ0) is 17.2. The molecule has 2 N–H and O–H groups in total. The highest BCUT2D eigenvalue weighted by molar-refractivity contribution is 5.89. The molecule has 0 atom stereocenters. The van der Waals surface area contributed by atoms with E-state index in [9.17, 15) is 4.79 Å². The third-order valence-electron chi connectivity index (χ3n) is 5.67. The van der Waals surface area contributed by atoms with Crippen molar-refractivity contribution in [1.29, 1.82) is 0 Å². The summed E-state index contributed by atoms with van der Waals surface area (Å²) in [5.41, 5.74) is 0.445. The van der Waals surface area contributed by atoms with E-state index < -0.39 is 0 Å². The van der Waals surface area contributed by atoms with Crippen molar-refractivity contribution < 1.29 is 4.79 Å². The van der Waals surface area contributed by atoms with Crippen LogP contribution < -0.4 is 10.6 Å². The van der Waals surface area contributed by atoms with E-state index in [1.54, 1.807) is 4.68 Å². The predicted octanol–water partition coefficient (Wildman–Crippen LogP) is 3.25. The van der Waals surface area contributed by atoms with Gasteiger partial charge in [0.05, 0.1) is 0 Å². The van der Waals surface area contributed by atoms with Crippen molar-refractivity contribution in [2.24, 2.45) is 18.4 Å². The number of nitrogens with one attached hydrogen (secondary N) is 2. The quantitative estimate of drug-likeness (QED) is 0.854. The fourth-order valence-corrected chi connectivity index (χ4v) is 3.87. The summed E-state index contributed by atoms with van der Waals surface area (Å²) in [5, 5.41) is 10.8. The second kappa shape index (κ2) is 8.49. The Bertz CT molecular complexity index is 570. The molecule has 142 valence electrons. The average Bonchev–Trinajstić information content (AvgIpc) is 2.91. The molecule has 6 nitrogen and oxygen atoms in total. The molecular formula is C18H32ClN5O. The zero-order valence-corrected chi connectivity index (χ0v) is 16.5. The Morgan fingerprint density at radius 3 is 2.52 bits per heavy atom. The minimum absolute atomic E-state index is 0. The minimum atomic E-state index is 0. The van der Waals surface area contributed by atoms with Gasteiger partial charge < -0.3 is 5.32 Å². The number of amides is 1. The van der Waals surface area contributed by atoms with E-state index >= 15 is 0 Å². The molecule has 2 fully saturated rings. The summed E-state index contributed by atoms with van der Waals surface area (Å²) in [6, 6.07) is 0. The molecule has 3 rings (SSSR count). The lowest BCUT2D eigenvalue weighted by atomic mass is 9.72. The lowest BCUT2D eigenvalue weighted by Gasteiger charge is -2.33. The van der Waals surface area contributed by atoms with Gasteiger partial charge in [0.1, 0.15) is 0 Å². The third-order valence-corrected chi connectivity index (χ3v) is 5.67. The smallest absolute Gasteiger partial charge is 0.227 e. The molecule has 0 unspecified atom stereocenters. The van der Waals surface area contributed by atoms with Gasteiger partial charge in [-0.05, 0) is 62.9 Å². The van der Waals surface area contributed by atoms with Crippen LogP contribution in [0.2, 0.25) is 0 Å². The van der Waals surface area contributed by atoms with Gasteiger partial charge in [-0.2, -0.15) is 10.1 Å². The van der Waals surface area contributed by atoms with E-state index in [2.05, 4.69) is 34.6 Å². The van der Waals surface area contributed by atoms with Gasteiger partial charge in [-0.3, -0.25) is 10.1 Å². The molecule has 0 bridgehead atoms. The number of carbonyl (C=O) groups excluding carboxylic acids is 1. The van der Waals surface area contributed by atoms with E-state index in [0.29, 0.717) is 29.6 Å². The fourth-order valence-electron chi connectivity index (χ4n) is 3.87. The molecule has 7 heteroatoms. The van der Waals surface area contributed by atoms with Crippen molar-refractivity contribution in [2.45, 2.75) is 64.7 Å². The SMILES string of the molecule is Cl.Cn1nc(C2CCNCC2)nc1NC(=O)CC1CCC(C)(C)CC1. The highest BCUT2D eigenvalue weighted by Crippen LogP contribution is 2.39. The van der Waals surface area contributed by atoms with Crippen LogP contribution in [0, 0.1) is 11.3 Å². The third kappa shape index (κ3) is 5.42. The van der Waals surface area contributed by atoms with Crippen LogP contribution in [-0.2, 0) is 11.8 Å². The lowest BCUT2D eigenvalue weighted by molar-refractivity contribution is -0.117. The average molecular weight is 370 g/mol. The highest BCUT2D eigenvalue weighted by Gasteiger charge is 2.28. The number of piperidine rings is 1. The normalized spacial score (nSPS) is 21.6. The van der Waals surface area contributed by atoms with E-state index in [1.807, 2.05) is 7.05 Å². The fraction of sp³-hybridized carbons (Fsp3) is 0.833. The standard InChI is InChI=1S/C18H31N5O.ClH/c1-18(2)8-4-13(5-9-18)12-15(24)20-17-21-16(22-23(17)3)14-6-10-19-11-7-14;/h13-14,19H,4-12H2,1-3H3,(H,20,21,22,24);1H. The predicted molar refractivity (Wildman–Crippen MR) is 102 cm³/mol. The summed E-state index contributed by atoms with van der Waals surface area (Å²) in [4.78, 5) is 17.0. The molecule has 25 heavy (non-hydrogen) atoms. The molecule has 1 aliphatic heterocycles. The van der Waals surface area contributed by atoms with Crippen LogP contribution in [0.15, 0.2) is 0 Å². The van der Waals surface area contributed by atoms with Gasteiger partial charge >= 0.3 is 0 Å². The first-order chi connectivity index (χ1) is 11.4. The van der Waals surface area contributed by atoms with Gasteiger partial charge in [0, 0.05) is 19.4 Å². The molecule has 2 aliphatic rings. The van der Waals surface area contributed by atoms with Crippen LogP contribution in [-0.4, -0.2) is 33.8 Å². The van der Waals surface area contributed by atoms with Crippen LogP contribution in [0.3, 0.4) is 0 Å². The van der Waals surface area contributed by atoms with Gasteiger partial charge in [-0.25, -0.2) is 4.68 Å². The number of nitrogens with zero attached hydrogens (tertiary/aromatic N) is 3. The molecule has 0 radical (unpaired) electrons. The highest BCUT2D eigenvalue weighted by atomic mass is 35.5. The van der Waals surface area contributed by atoms with Gasteiger partial charge in [0.15, 0.2) is 5.82 Å². The Hall–Kier alpha value is -1.14. The number of anilines is 1. The molecule has 1 saturated heterocycles. The summed E-state index contributed by atoms with van der Waals surface area (Å²) in [5.74, 6) is 2.45. The molecule has 2 heterocycles. The Labute approximate surface area is 157 Å². The Balaban J connectivity index is 0.00000225. The molecule has 1 amide bonds. The van der Waals surface area contributed by atoms with Gasteiger partial charge in [0.2, 0.25) is 11.9 Å². The molecule has 1 saturated carbocycles. The first kappa shape index (κ1) is 20.2. The van der Waals surface area contributed by atoms with E-state index in [0.717, 1.165) is 44.6 Å². The Kier molecular flexibility index (Phi) is 6.86. The first-order valence-corrected chi connectivity index (χ1v) is 9.34. The van der Waals surface area contributed by atoms with Crippen LogP contribution in [0.25, 0.3) is 0 Å². The first-order valence-electron chi connectivity index (χ1n) is 9.34. The van der Waals surface area contributed by atoms with Crippen molar-refractivity contribution >= 4 is 24.3 Å². The number of aryl methyl sites for hydroxylation is 1. The monoisotopic (exact) mass is 369 g/mol. The van der Waals surface area contributed by atoms with Crippen molar-refractivity contribution in [3.63, 3.8) is 0 Å². The Morgan fingerprint density at radius 2 is 1.88 bits per heavy atom. The number of carbonyl (C=O) groups is 1. The van der Waals surface area contributed by atoms with Crippen LogP contribution in [0.4, 0.5) is 5.95 Å². The second-order valence-electron chi connectivity index (χ2n) is 8.30. The van der Waals surface area contributed by atoms with E-state index in [4.69, 9.17) is 0 Å². The van der Waals surface area contributed by atoms with Crippen LogP contribution >= 0.6 is 12.4 Å². The summed E-state index contributed by atoms with van der Waals surface area (Å²) in [6.45, 7) is 6.68. The maximum absolute atomic E-state index is 12.4.